The van der Waals surface area contributed by atoms with E-state index < -0.39 is 17.4 Å². The molecule has 0 amide bonds. The highest BCUT2D eigenvalue weighted by atomic mass is 16.6. The first-order valence-corrected chi connectivity index (χ1v) is 6.97. The van der Waals surface area contributed by atoms with Crippen molar-refractivity contribution in [2.45, 2.75) is 32.5 Å². The normalized spacial score (nSPS) is 22.6. The minimum absolute atomic E-state index is 0.159. The summed E-state index contributed by atoms with van der Waals surface area (Å²) in [6.07, 6.45) is 2.61. The van der Waals surface area contributed by atoms with Gasteiger partial charge in [-0.1, -0.05) is 13.8 Å². The average molecular weight is 304 g/mol. The maximum Gasteiger partial charge on any atom is 0.374 e. The van der Waals surface area contributed by atoms with Crippen molar-refractivity contribution in [1.82, 2.24) is 0 Å². The van der Waals surface area contributed by atoms with Crippen molar-refractivity contribution in [3.63, 3.8) is 0 Å². The fraction of sp³-hybridized carbons (Fsp3) is 0.375. The Balaban J connectivity index is 1.58. The van der Waals surface area contributed by atoms with E-state index in [9.17, 15) is 9.59 Å². The minimum atomic E-state index is -0.515. The van der Waals surface area contributed by atoms with Crippen LogP contribution in [0.1, 0.15) is 41.4 Å². The minimum Gasteiger partial charge on any atom is -0.457 e. The molecule has 0 radical (unpaired) electrons. The van der Waals surface area contributed by atoms with Crippen molar-refractivity contribution in [3.05, 3.63) is 48.3 Å². The van der Waals surface area contributed by atoms with Crippen molar-refractivity contribution >= 4 is 11.9 Å². The molecular formula is C16H16O6. The molecule has 2 heterocycles. The van der Waals surface area contributed by atoms with E-state index in [0.29, 0.717) is 6.42 Å². The van der Waals surface area contributed by atoms with Gasteiger partial charge in [0.2, 0.25) is 11.5 Å². The Labute approximate surface area is 127 Å². The van der Waals surface area contributed by atoms with Crippen LogP contribution in [0.15, 0.2) is 45.6 Å². The molecule has 1 fully saturated rings. The SMILES string of the molecule is CC1(C)[C@@H](OC(=O)c2ccco2)C[C@@H]1OC(=O)c1ccco1. The van der Waals surface area contributed by atoms with E-state index in [-0.39, 0.29) is 23.7 Å². The molecule has 6 nitrogen and oxygen atoms in total. The molecule has 0 saturated heterocycles. The van der Waals surface area contributed by atoms with E-state index in [1.165, 1.54) is 12.5 Å². The lowest BCUT2D eigenvalue weighted by Gasteiger charge is -2.49. The Morgan fingerprint density at radius 3 is 1.77 bits per heavy atom. The number of furan rings is 2. The molecule has 0 aromatic carbocycles. The van der Waals surface area contributed by atoms with Crippen LogP contribution >= 0.6 is 0 Å². The van der Waals surface area contributed by atoms with Crippen LogP contribution in [0, 0.1) is 5.41 Å². The fourth-order valence-corrected chi connectivity index (χ4v) is 2.41. The topological polar surface area (TPSA) is 78.9 Å². The third-order valence-corrected chi connectivity index (χ3v) is 4.03. The van der Waals surface area contributed by atoms with Gasteiger partial charge in [0.15, 0.2) is 0 Å². The summed E-state index contributed by atoms with van der Waals surface area (Å²) in [6.45, 7) is 3.77. The van der Waals surface area contributed by atoms with Gasteiger partial charge in [-0.2, -0.15) is 0 Å². The smallest absolute Gasteiger partial charge is 0.374 e. The molecule has 3 rings (SSSR count). The third-order valence-electron chi connectivity index (χ3n) is 4.03. The summed E-state index contributed by atoms with van der Waals surface area (Å²) >= 11 is 0. The second kappa shape index (κ2) is 5.36. The highest BCUT2D eigenvalue weighted by Gasteiger charge is 2.53. The van der Waals surface area contributed by atoms with Gasteiger partial charge in [-0.25, -0.2) is 9.59 Å². The zero-order valence-corrected chi connectivity index (χ0v) is 12.3. The molecule has 0 bridgehead atoms. The largest absolute Gasteiger partial charge is 0.457 e. The summed E-state index contributed by atoms with van der Waals surface area (Å²) in [6, 6.07) is 6.33. The quantitative estimate of drug-likeness (QED) is 0.808. The molecule has 0 spiro atoms. The van der Waals surface area contributed by atoms with E-state index >= 15 is 0 Å². The predicted octanol–water partition coefficient (Wildman–Crippen LogP) is 3.05. The Hall–Kier alpha value is -2.50. The van der Waals surface area contributed by atoms with E-state index in [1.54, 1.807) is 24.3 Å². The van der Waals surface area contributed by atoms with Gasteiger partial charge >= 0.3 is 11.9 Å². The van der Waals surface area contributed by atoms with Crippen molar-refractivity contribution in [2.24, 2.45) is 5.41 Å². The highest BCUT2D eigenvalue weighted by Crippen LogP contribution is 2.45. The number of carbonyl (C=O) groups excluding carboxylic acids is 2. The number of hydrogen-bond donors (Lipinski definition) is 0. The van der Waals surface area contributed by atoms with Crippen molar-refractivity contribution in [1.29, 1.82) is 0 Å². The summed E-state index contributed by atoms with van der Waals surface area (Å²) in [4.78, 5) is 23.7. The molecule has 2 atom stereocenters. The number of hydrogen-bond acceptors (Lipinski definition) is 6. The first kappa shape index (κ1) is 14.4. The van der Waals surface area contributed by atoms with E-state index in [4.69, 9.17) is 18.3 Å². The molecule has 1 aliphatic carbocycles. The van der Waals surface area contributed by atoms with Gasteiger partial charge in [0.05, 0.1) is 12.5 Å². The maximum atomic E-state index is 11.9. The Morgan fingerprint density at radius 1 is 1.00 bits per heavy atom. The van der Waals surface area contributed by atoms with Crippen LogP contribution < -0.4 is 0 Å². The van der Waals surface area contributed by atoms with E-state index in [1.807, 2.05) is 13.8 Å². The number of esters is 2. The number of rotatable bonds is 4. The van der Waals surface area contributed by atoms with E-state index in [2.05, 4.69) is 0 Å². The van der Waals surface area contributed by atoms with E-state index in [0.717, 1.165) is 0 Å². The molecule has 116 valence electrons. The molecular weight excluding hydrogens is 288 g/mol. The first-order valence-electron chi connectivity index (χ1n) is 6.97. The van der Waals surface area contributed by atoms with Gasteiger partial charge in [-0.3, -0.25) is 0 Å². The summed E-state index contributed by atoms with van der Waals surface area (Å²) in [5, 5.41) is 0. The second-order valence-electron chi connectivity index (χ2n) is 5.80. The third kappa shape index (κ3) is 2.52. The van der Waals surface area contributed by atoms with Gasteiger partial charge in [0.25, 0.3) is 0 Å². The Kier molecular flexibility index (Phi) is 3.52. The lowest BCUT2D eigenvalue weighted by atomic mass is 9.66. The van der Waals surface area contributed by atoms with Gasteiger partial charge in [0.1, 0.15) is 12.2 Å². The van der Waals surface area contributed by atoms with Crippen molar-refractivity contribution < 1.29 is 27.9 Å². The monoisotopic (exact) mass is 304 g/mol. The molecule has 1 aliphatic rings. The average Bonchev–Trinajstić information content (AvgIpc) is 3.18. The van der Waals surface area contributed by atoms with Crippen LogP contribution in [-0.2, 0) is 9.47 Å². The molecule has 0 N–H and O–H groups in total. The molecule has 1 saturated carbocycles. The number of ether oxygens (including phenoxy) is 2. The standard InChI is InChI=1S/C16H16O6/c1-16(2)12(21-14(17)10-5-3-7-19-10)9-13(16)22-15(18)11-6-4-8-20-11/h3-8,12-13H,9H2,1-2H3/t12-,13-/m0/s1. The highest BCUT2D eigenvalue weighted by molar-refractivity contribution is 5.87. The molecule has 2 aromatic heterocycles. The van der Waals surface area contributed by atoms with Crippen molar-refractivity contribution in [3.8, 4) is 0 Å². The van der Waals surface area contributed by atoms with Gasteiger partial charge in [0, 0.05) is 11.8 Å². The molecule has 6 heteroatoms. The molecule has 0 unspecified atom stereocenters. The van der Waals surface area contributed by atoms with Crippen LogP contribution in [0.4, 0.5) is 0 Å². The zero-order valence-electron chi connectivity index (χ0n) is 12.3. The lowest BCUT2D eigenvalue weighted by molar-refractivity contribution is -0.155. The lowest BCUT2D eigenvalue weighted by Crippen LogP contribution is -2.56. The fourth-order valence-electron chi connectivity index (χ4n) is 2.41. The summed E-state index contributed by atoms with van der Waals surface area (Å²) in [5.41, 5.74) is -0.468. The van der Waals surface area contributed by atoms with Gasteiger partial charge < -0.3 is 18.3 Å². The number of carbonyl (C=O) groups is 2. The summed E-state index contributed by atoms with van der Waals surface area (Å²) < 4.78 is 20.8. The van der Waals surface area contributed by atoms with Crippen LogP contribution in [0.25, 0.3) is 0 Å². The van der Waals surface area contributed by atoms with Gasteiger partial charge in [-0.05, 0) is 24.3 Å². The Morgan fingerprint density at radius 2 is 1.45 bits per heavy atom. The second-order valence-corrected chi connectivity index (χ2v) is 5.80. The predicted molar refractivity (Wildman–Crippen MR) is 74.2 cm³/mol. The van der Waals surface area contributed by atoms with Crippen LogP contribution in [0.5, 0.6) is 0 Å². The summed E-state index contributed by atoms with van der Waals surface area (Å²) in [7, 11) is 0. The van der Waals surface area contributed by atoms with Crippen molar-refractivity contribution in [2.75, 3.05) is 0 Å². The van der Waals surface area contributed by atoms with Crippen LogP contribution in [-0.4, -0.2) is 24.1 Å². The van der Waals surface area contributed by atoms with Crippen LogP contribution in [0.2, 0.25) is 0 Å². The summed E-state index contributed by atoms with van der Waals surface area (Å²) in [5.74, 6) is -0.712. The molecule has 0 aliphatic heterocycles. The molecule has 2 aromatic rings. The maximum absolute atomic E-state index is 11.9. The first-order chi connectivity index (χ1) is 10.5. The molecule has 22 heavy (non-hydrogen) atoms. The van der Waals surface area contributed by atoms with Gasteiger partial charge in [-0.15, -0.1) is 0 Å². The van der Waals surface area contributed by atoms with Crippen LogP contribution in [0.3, 0.4) is 0 Å². The zero-order chi connectivity index (χ0) is 15.7. The Bertz CT molecular complexity index is 597.